The zero-order valence-electron chi connectivity index (χ0n) is 11.5. The van der Waals surface area contributed by atoms with E-state index in [1.807, 2.05) is 0 Å². The molecule has 2 heterocycles. The van der Waals surface area contributed by atoms with Crippen molar-refractivity contribution in [2.24, 2.45) is 10.9 Å². The van der Waals surface area contributed by atoms with Crippen molar-refractivity contribution in [2.75, 3.05) is 25.0 Å². The summed E-state index contributed by atoms with van der Waals surface area (Å²) in [7, 11) is 2.13. The number of anilines is 1. The molecule has 3 N–H and O–H groups in total. The highest BCUT2D eigenvalue weighted by molar-refractivity contribution is 5.95. The molecule has 0 saturated carbocycles. The number of amidine groups is 1. The van der Waals surface area contributed by atoms with E-state index < -0.39 is 0 Å². The lowest BCUT2D eigenvalue weighted by Crippen LogP contribution is -2.55. The average molecular weight is 264 g/mol. The number of nitrogens with zero attached hydrogens (tertiary/aromatic N) is 5. The quantitative estimate of drug-likeness (QED) is 0.341. The highest BCUT2D eigenvalue weighted by Crippen LogP contribution is 2.17. The SMILES string of the molecule is CC1CN(c2nccc(/C(N)=N/O)n2)CC(C)N1C. The largest absolute Gasteiger partial charge is 0.409 e. The maximum Gasteiger partial charge on any atom is 0.226 e. The van der Waals surface area contributed by atoms with Crippen molar-refractivity contribution >= 4 is 11.8 Å². The smallest absolute Gasteiger partial charge is 0.226 e. The third-order valence-electron chi connectivity index (χ3n) is 3.66. The molecule has 0 aliphatic carbocycles. The molecule has 104 valence electrons. The van der Waals surface area contributed by atoms with E-state index in [-0.39, 0.29) is 5.84 Å². The van der Waals surface area contributed by atoms with Gasteiger partial charge in [-0.2, -0.15) is 0 Å². The Bertz CT molecular complexity index is 465. The summed E-state index contributed by atoms with van der Waals surface area (Å²) >= 11 is 0. The van der Waals surface area contributed by atoms with Crippen LogP contribution in [0, 0.1) is 0 Å². The van der Waals surface area contributed by atoms with E-state index in [4.69, 9.17) is 10.9 Å². The van der Waals surface area contributed by atoms with Gasteiger partial charge in [0.2, 0.25) is 5.95 Å². The number of hydrogen-bond donors (Lipinski definition) is 2. The Morgan fingerprint density at radius 2 is 2.05 bits per heavy atom. The fraction of sp³-hybridized carbons (Fsp3) is 0.583. The summed E-state index contributed by atoms with van der Waals surface area (Å²) in [4.78, 5) is 13.1. The van der Waals surface area contributed by atoms with Crippen molar-refractivity contribution in [2.45, 2.75) is 25.9 Å². The van der Waals surface area contributed by atoms with E-state index in [0.717, 1.165) is 13.1 Å². The number of nitrogens with two attached hydrogens (primary N) is 1. The van der Waals surface area contributed by atoms with E-state index in [0.29, 0.717) is 23.7 Å². The first-order chi connectivity index (χ1) is 9.02. The van der Waals surface area contributed by atoms with Crippen LogP contribution in [0.5, 0.6) is 0 Å². The summed E-state index contributed by atoms with van der Waals surface area (Å²) in [5.41, 5.74) is 5.99. The second-order valence-corrected chi connectivity index (χ2v) is 5.00. The van der Waals surface area contributed by atoms with Gasteiger partial charge in [-0.3, -0.25) is 4.90 Å². The van der Waals surface area contributed by atoms with Crippen LogP contribution in [-0.2, 0) is 0 Å². The van der Waals surface area contributed by atoms with Gasteiger partial charge in [-0.15, -0.1) is 0 Å². The van der Waals surface area contributed by atoms with Gasteiger partial charge in [0.1, 0.15) is 5.69 Å². The van der Waals surface area contributed by atoms with Crippen molar-refractivity contribution in [1.82, 2.24) is 14.9 Å². The van der Waals surface area contributed by atoms with Gasteiger partial charge in [-0.1, -0.05) is 5.16 Å². The zero-order chi connectivity index (χ0) is 14.0. The molecule has 7 heteroatoms. The van der Waals surface area contributed by atoms with Gasteiger partial charge in [0.15, 0.2) is 5.84 Å². The van der Waals surface area contributed by atoms with Crippen LogP contribution in [-0.4, -0.2) is 58.1 Å². The molecule has 2 rings (SSSR count). The summed E-state index contributed by atoms with van der Waals surface area (Å²) < 4.78 is 0. The van der Waals surface area contributed by atoms with Crippen LogP contribution < -0.4 is 10.6 Å². The molecule has 1 saturated heterocycles. The first-order valence-electron chi connectivity index (χ1n) is 6.30. The molecule has 2 atom stereocenters. The maximum atomic E-state index is 8.69. The molecule has 7 nitrogen and oxygen atoms in total. The number of aromatic nitrogens is 2. The minimum Gasteiger partial charge on any atom is -0.409 e. The van der Waals surface area contributed by atoms with Gasteiger partial charge in [-0.25, -0.2) is 9.97 Å². The number of rotatable bonds is 2. The molecule has 1 aromatic heterocycles. The van der Waals surface area contributed by atoms with Crippen molar-refractivity contribution in [3.63, 3.8) is 0 Å². The highest BCUT2D eigenvalue weighted by atomic mass is 16.4. The van der Waals surface area contributed by atoms with Crippen molar-refractivity contribution in [3.05, 3.63) is 18.0 Å². The molecule has 1 fully saturated rings. The molecular formula is C12H20N6O. The van der Waals surface area contributed by atoms with Gasteiger partial charge >= 0.3 is 0 Å². The van der Waals surface area contributed by atoms with Crippen LogP contribution in [0.4, 0.5) is 5.95 Å². The van der Waals surface area contributed by atoms with Gasteiger partial charge in [0, 0.05) is 31.4 Å². The summed E-state index contributed by atoms with van der Waals surface area (Å²) in [5, 5.41) is 11.7. The lowest BCUT2D eigenvalue weighted by molar-refractivity contribution is 0.169. The number of oxime groups is 1. The summed E-state index contributed by atoms with van der Waals surface area (Å²) in [5.74, 6) is 0.620. The average Bonchev–Trinajstić information content (AvgIpc) is 2.43. The molecule has 0 bridgehead atoms. The molecule has 0 spiro atoms. The molecular weight excluding hydrogens is 244 g/mol. The Labute approximate surface area is 112 Å². The van der Waals surface area contributed by atoms with Crippen LogP contribution >= 0.6 is 0 Å². The topological polar surface area (TPSA) is 90.9 Å². The first-order valence-corrected chi connectivity index (χ1v) is 6.30. The Hall–Kier alpha value is -1.89. The predicted octanol–water partition coefficient (Wildman–Crippen LogP) is 0.0999. The molecule has 19 heavy (non-hydrogen) atoms. The van der Waals surface area contributed by atoms with Crippen LogP contribution in [0.2, 0.25) is 0 Å². The fourth-order valence-electron chi connectivity index (χ4n) is 2.26. The zero-order valence-corrected chi connectivity index (χ0v) is 11.5. The molecule has 2 unspecified atom stereocenters. The summed E-state index contributed by atoms with van der Waals surface area (Å²) in [6.07, 6.45) is 1.63. The van der Waals surface area contributed by atoms with E-state index in [9.17, 15) is 0 Å². The second kappa shape index (κ2) is 5.40. The van der Waals surface area contributed by atoms with Crippen molar-refractivity contribution in [1.29, 1.82) is 0 Å². The van der Waals surface area contributed by atoms with Gasteiger partial charge in [0.05, 0.1) is 0 Å². The second-order valence-electron chi connectivity index (χ2n) is 5.00. The Morgan fingerprint density at radius 3 is 2.63 bits per heavy atom. The van der Waals surface area contributed by atoms with E-state index in [1.165, 1.54) is 0 Å². The third-order valence-corrected chi connectivity index (χ3v) is 3.66. The maximum absolute atomic E-state index is 8.69. The van der Waals surface area contributed by atoms with Crippen LogP contribution in [0.1, 0.15) is 19.5 Å². The number of piperazine rings is 1. The van der Waals surface area contributed by atoms with Gasteiger partial charge in [0.25, 0.3) is 0 Å². The standard InChI is InChI=1S/C12H20N6O/c1-8-6-18(7-9(2)17(8)3)12-14-5-4-10(15-12)11(13)16-19/h4-5,8-9,19H,6-7H2,1-3H3,(H2,13,16). The van der Waals surface area contributed by atoms with Crippen molar-refractivity contribution < 1.29 is 5.21 Å². The molecule has 1 aliphatic rings. The monoisotopic (exact) mass is 264 g/mol. The fourth-order valence-corrected chi connectivity index (χ4v) is 2.26. The van der Waals surface area contributed by atoms with E-state index in [1.54, 1.807) is 12.3 Å². The summed E-state index contributed by atoms with van der Waals surface area (Å²) in [6.45, 7) is 6.08. The molecule has 0 radical (unpaired) electrons. The normalized spacial score (nSPS) is 25.6. The van der Waals surface area contributed by atoms with E-state index >= 15 is 0 Å². The van der Waals surface area contributed by atoms with Gasteiger partial charge in [-0.05, 0) is 27.0 Å². The minimum atomic E-state index is -0.00104. The molecule has 1 aromatic rings. The third kappa shape index (κ3) is 2.76. The van der Waals surface area contributed by atoms with Crippen LogP contribution in [0.15, 0.2) is 17.4 Å². The predicted molar refractivity (Wildman–Crippen MR) is 73.4 cm³/mol. The first kappa shape index (κ1) is 13.5. The summed E-state index contributed by atoms with van der Waals surface area (Å²) in [6, 6.07) is 2.49. The molecule has 1 aliphatic heterocycles. The lowest BCUT2D eigenvalue weighted by atomic mass is 10.1. The Kier molecular flexibility index (Phi) is 3.84. The van der Waals surface area contributed by atoms with Crippen LogP contribution in [0.3, 0.4) is 0 Å². The Morgan fingerprint density at radius 1 is 1.42 bits per heavy atom. The highest BCUT2D eigenvalue weighted by Gasteiger charge is 2.27. The van der Waals surface area contributed by atoms with Gasteiger partial charge < -0.3 is 15.8 Å². The van der Waals surface area contributed by atoms with Crippen LogP contribution in [0.25, 0.3) is 0 Å². The molecule has 0 amide bonds. The van der Waals surface area contributed by atoms with Crippen molar-refractivity contribution in [3.8, 4) is 0 Å². The minimum absolute atomic E-state index is 0.00104. The molecule has 0 aromatic carbocycles. The Balaban J connectivity index is 2.23. The number of likely N-dealkylation sites (N-methyl/N-ethyl adjacent to an activating group) is 1. The lowest BCUT2D eigenvalue weighted by Gasteiger charge is -2.42. The number of hydrogen-bond acceptors (Lipinski definition) is 6. The van der Waals surface area contributed by atoms with E-state index in [2.05, 4.69) is 45.8 Å².